The van der Waals surface area contributed by atoms with Gasteiger partial charge in [0, 0.05) is 13.1 Å². The second-order valence-electron chi connectivity index (χ2n) is 3.88. The first kappa shape index (κ1) is 14.9. The summed E-state index contributed by atoms with van der Waals surface area (Å²) in [5.74, 6) is -0.765. The van der Waals surface area contributed by atoms with Crippen LogP contribution in [0.5, 0.6) is 5.75 Å². The molecule has 0 unspecified atom stereocenters. The van der Waals surface area contributed by atoms with Crippen LogP contribution in [0.15, 0.2) is 24.3 Å². The number of carbonyl (C=O) groups excluding carboxylic acids is 2. The molecule has 6 heteroatoms. The Balaban J connectivity index is 2.32. The highest BCUT2D eigenvalue weighted by Crippen LogP contribution is 2.12. The van der Waals surface area contributed by atoms with E-state index in [0.717, 1.165) is 0 Å². The monoisotopic (exact) mass is 269 g/mol. The van der Waals surface area contributed by atoms with Crippen LogP contribution in [0.4, 0.5) is 4.39 Å². The summed E-state index contributed by atoms with van der Waals surface area (Å²) >= 11 is 0. The van der Waals surface area contributed by atoms with Crippen molar-refractivity contribution in [3.8, 4) is 5.75 Å². The molecule has 0 saturated carbocycles. The quantitative estimate of drug-likeness (QED) is 0.729. The van der Waals surface area contributed by atoms with Gasteiger partial charge in [-0.15, -0.1) is 0 Å². The zero-order valence-corrected chi connectivity index (χ0v) is 10.9. The molecule has 0 N–H and O–H groups in total. The van der Waals surface area contributed by atoms with Gasteiger partial charge in [-0.25, -0.2) is 4.39 Å². The highest BCUT2D eigenvalue weighted by atomic mass is 19.1. The van der Waals surface area contributed by atoms with Crippen molar-refractivity contribution in [1.29, 1.82) is 0 Å². The van der Waals surface area contributed by atoms with Gasteiger partial charge in [0.15, 0.2) is 0 Å². The highest BCUT2D eigenvalue weighted by Gasteiger charge is 2.12. The van der Waals surface area contributed by atoms with Crippen molar-refractivity contribution >= 4 is 11.9 Å². The number of likely N-dealkylation sites (N-methyl/N-ethyl adjacent to an activating group) is 1. The smallest absolute Gasteiger partial charge is 0.325 e. The molecular formula is C13H16FNO4. The standard InChI is InChI=1S/C13H16FNO4/c1-15(9-13(17)18-2)12(16)6-7-19-11-5-3-4-10(14)8-11/h3-5,8H,6-7,9H2,1-2H3. The number of esters is 1. The Morgan fingerprint density at radius 3 is 2.74 bits per heavy atom. The summed E-state index contributed by atoms with van der Waals surface area (Å²) in [6, 6.07) is 5.67. The zero-order valence-electron chi connectivity index (χ0n) is 10.9. The van der Waals surface area contributed by atoms with Crippen LogP contribution in [0.1, 0.15) is 6.42 Å². The number of hydrogen-bond acceptors (Lipinski definition) is 4. The number of ether oxygens (including phenoxy) is 2. The lowest BCUT2D eigenvalue weighted by molar-refractivity contribution is -0.146. The Labute approximate surface area is 110 Å². The molecule has 0 fully saturated rings. The summed E-state index contributed by atoms with van der Waals surface area (Å²) in [6.45, 7) is 0.0170. The van der Waals surface area contributed by atoms with Crippen molar-refractivity contribution in [2.75, 3.05) is 27.3 Å². The van der Waals surface area contributed by atoms with Gasteiger partial charge in [0.25, 0.3) is 0 Å². The third kappa shape index (κ3) is 5.37. The number of rotatable bonds is 6. The van der Waals surface area contributed by atoms with Crippen LogP contribution in [-0.4, -0.2) is 44.1 Å². The van der Waals surface area contributed by atoms with Gasteiger partial charge in [-0.3, -0.25) is 9.59 Å². The number of hydrogen-bond donors (Lipinski definition) is 0. The van der Waals surface area contributed by atoms with Gasteiger partial charge >= 0.3 is 5.97 Å². The molecule has 0 aliphatic rings. The summed E-state index contributed by atoms with van der Waals surface area (Å²) < 4.78 is 22.5. The van der Waals surface area contributed by atoms with Gasteiger partial charge in [0.2, 0.25) is 5.91 Å². The molecule has 19 heavy (non-hydrogen) atoms. The molecule has 1 rings (SSSR count). The summed E-state index contributed by atoms with van der Waals surface area (Å²) in [5, 5.41) is 0. The molecule has 1 aromatic rings. The fourth-order valence-electron chi connectivity index (χ4n) is 1.35. The maximum atomic E-state index is 12.9. The molecular weight excluding hydrogens is 253 g/mol. The summed E-state index contributed by atoms with van der Waals surface area (Å²) in [7, 11) is 2.76. The second-order valence-corrected chi connectivity index (χ2v) is 3.88. The third-order valence-corrected chi connectivity index (χ3v) is 2.40. The van der Waals surface area contributed by atoms with E-state index < -0.39 is 11.8 Å². The van der Waals surface area contributed by atoms with E-state index in [4.69, 9.17) is 4.74 Å². The van der Waals surface area contributed by atoms with Crippen LogP contribution >= 0.6 is 0 Å². The Kier molecular flexibility index (Phi) is 5.78. The summed E-state index contributed by atoms with van der Waals surface area (Å²) in [4.78, 5) is 23.8. The minimum Gasteiger partial charge on any atom is -0.493 e. The van der Waals surface area contributed by atoms with E-state index in [1.165, 1.54) is 37.3 Å². The van der Waals surface area contributed by atoms with Crippen LogP contribution < -0.4 is 4.74 Å². The van der Waals surface area contributed by atoms with Crippen molar-refractivity contribution in [3.05, 3.63) is 30.1 Å². The van der Waals surface area contributed by atoms with Gasteiger partial charge in [0.05, 0.1) is 20.1 Å². The molecule has 5 nitrogen and oxygen atoms in total. The van der Waals surface area contributed by atoms with Crippen molar-refractivity contribution in [2.24, 2.45) is 0 Å². The lowest BCUT2D eigenvalue weighted by Gasteiger charge is -2.15. The second kappa shape index (κ2) is 7.35. The van der Waals surface area contributed by atoms with E-state index in [1.54, 1.807) is 6.07 Å². The molecule has 0 aromatic heterocycles. The van der Waals surface area contributed by atoms with Crippen LogP contribution in [-0.2, 0) is 14.3 Å². The molecule has 1 aromatic carbocycles. The van der Waals surface area contributed by atoms with Crippen LogP contribution in [0, 0.1) is 5.82 Å². The molecule has 0 radical (unpaired) electrons. The van der Waals surface area contributed by atoms with Crippen LogP contribution in [0.2, 0.25) is 0 Å². The van der Waals surface area contributed by atoms with Gasteiger partial charge in [0.1, 0.15) is 18.1 Å². The third-order valence-electron chi connectivity index (χ3n) is 2.40. The first-order valence-electron chi connectivity index (χ1n) is 5.72. The number of benzene rings is 1. The maximum Gasteiger partial charge on any atom is 0.325 e. The largest absolute Gasteiger partial charge is 0.493 e. The Morgan fingerprint density at radius 2 is 2.11 bits per heavy atom. The Morgan fingerprint density at radius 1 is 1.37 bits per heavy atom. The highest BCUT2D eigenvalue weighted by molar-refractivity contribution is 5.81. The van der Waals surface area contributed by atoms with Gasteiger partial charge < -0.3 is 14.4 Å². The lowest BCUT2D eigenvalue weighted by Crippen LogP contribution is -2.33. The average Bonchev–Trinajstić information content (AvgIpc) is 2.38. The number of amides is 1. The normalized spacial score (nSPS) is 9.84. The van der Waals surface area contributed by atoms with E-state index in [9.17, 15) is 14.0 Å². The molecule has 104 valence electrons. The number of carbonyl (C=O) groups is 2. The summed E-state index contributed by atoms with van der Waals surface area (Å²) in [6.07, 6.45) is 0.101. The molecule has 0 atom stereocenters. The minimum absolute atomic E-state index is 0.101. The van der Waals surface area contributed by atoms with Crippen LogP contribution in [0.25, 0.3) is 0 Å². The SMILES string of the molecule is COC(=O)CN(C)C(=O)CCOc1cccc(F)c1. The molecule has 0 aliphatic heterocycles. The van der Waals surface area contributed by atoms with Gasteiger partial charge in [-0.05, 0) is 12.1 Å². The average molecular weight is 269 g/mol. The molecule has 0 spiro atoms. The predicted octanol–water partition coefficient (Wildman–Crippen LogP) is 1.23. The molecule has 0 heterocycles. The van der Waals surface area contributed by atoms with E-state index in [2.05, 4.69) is 4.74 Å². The van der Waals surface area contributed by atoms with E-state index >= 15 is 0 Å². The molecule has 0 saturated heterocycles. The first-order chi connectivity index (χ1) is 9.02. The first-order valence-corrected chi connectivity index (χ1v) is 5.72. The van der Waals surface area contributed by atoms with Crippen molar-refractivity contribution in [2.45, 2.75) is 6.42 Å². The predicted molar refractivity (Wildman–Crippen MR) is 66.2 cm³/mol. The molecule has 0 aliphatic carbocycles. The maximum absolute atomic E-state index is 12.9. The van der Waals surface area contributed by atoms with Crippen molar-refractivity contribution in [3.63, 3.8) is 0 Å². The Bertz CT molecular complexity index is 450. The zero-order chi connectivity index (χ0) is 14.3. The molecule has 1 amide bonds. The summed E-state index contributed by atoms with van der Waals surface area (Å²) in [5.41, 5.74) is 0. The van der Waals surface area contributed by atoms with Gasteiger partial charge in [-0.2, -0.15) is 0 Å². The number of nitrogens with zero attached hydrogens (tertiary/aromatic N) is 1. The van der Waals surface area contributed by atoms with Crippen molar-refractivity contribution in [1.82, 2.24) is 4.90 Å². The van der Waals surface area contributed by atoms with Crippen molar-refractivity contribution < 1.29 is 23.5 Å². The van der Waals surface area contributed by atoms with E-state index in [0.29, 0.717) is 5.75 Å². The fraction of sp³-hybridized carbons (Fsp3) is 0.385. The lowest BCUT2D eigenvalue weighted by atomic mass is 10.3. The topological polar surface area (TPSA) is 55.8 Å². The van der Waals surface area contributed by atoms with E-state index in [1.807, 2.05) is 0 Å². The fourth-order valence-corrected chi connectivity index (χ4v) is 1.35. The van der Waals surface area contributed by atoms with Crippen LogP contribution in [0.3, 0.4) is 0 Å². The number of methoxy groups -OCH3 is 1. The molecule has 0 bridgehead atoms. The Hall–Kier alpha value is -2.11. The van der Waals surface area contributed by atoms with Gasteiger partial charge in [-0.1, -0.05) is 6.07 Å². The minimum atomic E-state index is -0.484. The number of halogens is 1. The van der Waals surface area contributed by atoms with E-state index in [-0.39, 0.29) is 25.5 Å².